The van der Waals surface area contributed by atoms with Crippen molar-refractivity contribution in [1.29, 1.82) is 0 Å². The Bertz CT molecular complexity index is 348. The van der Waals surface area contributed by atoms with Gasteiger partial charge in [0.15, 0.2) is 0 Å². The van der Waals surface area contributed by atoms with E-state index in [2.05, 4.69) is 0 Å². The molecule has 0 saturated heterocycles. The van der Waals surface area contributed by atoms with E-state index in [1.165, 1.54) is 0 Å². The number of fused-ring (bicyclic) bond motifs is 1. The zero-order chi connectivity index (χ0) is 10.1. The Kier molecular flexibility index (Phi) is 2.35. The lowest BCUT2D eigenvalue weighted by atomic mass is 9.80. The average molecular weight is 192 g/mol. The van der Waals surface area contributed by atoms with Crippen molar-refractivity contribution in [2.24, 2.45) is 5.92 Å². The first-order valence-electron chi connectivity index (χ1n) is 4.64. The summed E-state index contributed by atoms with van der Waals surface area (Å²) in [7, 11) is 0. The number of aliphatic hydroxyl groups is 2. The summed E-state index contributed by atoms with van der Waals surface area (Å²) in [6.07, 6.45) is -0.386. The van der Waals surface area contributed by atoms with Crippen molar-refractivity contribution in [3.05, 3.63) is 35.4 Å². The maximum absolute atomic E-state index is 10.7. The first-order valence-corrected chi connectivity index (χ1v) is 4.64. The molecule has 1 aromatic rings. The molecule has 0 saturated carbocycles. The maximum Gasteiger partial charge on any atom is 0.126 e. The van der Waals surface area contributed by atoms with E-state index in [1.54, 1.807) is 18.2 Å². The van der Waals surface area contributed by atoms with E-state index in [0.29, 0.717) is 18.3 Å². The van der Waals surface area contributed by atoms with Crippen molar-refractivity contribution in [1.82, 2.24) is 0 Å². The third kappa shape index (κ3) is 1.35. The van der Waals surface area contributed by atoms with E-state index in [0.717, 1.165) is 5.56 Å². The Morgan fingerprint density at radius 3 is 2.50 bits per heavy atom. The fourth-order valence-corrected chi connectivity index (χ4v) is 1.96. The highest BCUT2D eigenvalue weighted by Crippen LogP contribution is 2.38. The molecule has 1 aliphatic rings. The van der Waals surface area contributed by atoms with E-state index >= 15 is 0 Å². The zero-order valence-electron chi connectivity index (χ0n) is 7.63. The van der Waals surface area contributed by atoms with Crippen LogP contribution in [-0.4, -0.2) is 16.5 Å². The number of carbonyl (C=O) groups excluding carboxylic acids is 1. The lowest BCUT2D eigenvalue weighted by Crippen LogP contribution is -2.24. The van der Waals surface area contributed by atoms with Crippen LogP contribution in [-0.2, 0) is 4.79 Å². The number of hydrogen-bond donors (Lipinski definition) is 2. The second-order valence-corrected chi connectivity index (χ2v) is 3.63. The van der Waals surface area contributed by atoms with Crippen molar-refractivity contribution < 1.29 is 15.0 Å². The molecule has 3 unspecified atom stereocenters. The normalized spacial score (nSPS) is 30.9. The van der Waals surface area contributed by atoms with E-state index in [9.17, 15) is 15.0 Å². The largest absolute Gasteiger partial charge is 0.388 e. The minimum Gasteiger partial charge on any atom is -0.388 e. The second kappa shape index (κ2) is 3.52. The first-order chi connectivity index (χ1) is 6.74. The predicted octanol–water partition coefficient (Wildman–Crippen LogP) is 0.972. The second-order valence-electron chi connectivity index (χ2n) is 3.63. The molecule has 0 aromatic heterocycles. The lowest BCUT2D eigenvalue weighted by molar-refractivity contribution is -0.116. The van der Waals surface area contributed by atoms with Gasteiger partial charge in [0.05, 0.1) is 12.2 Å². The highest BCUT2D eigenvalue weighted by Gasteiger charge is 2.32. The van der Waals surface area contributed by atoms with Gasteiger partial charge in [-0.2, -0.15) is 0 Å². The smallest absolute Gasteiger partial charge is 0.126 e. The molecule has 0 fully saturated rings. The molecule has 3 heteroatoms. The van der Waals surface area contributed by atoms with Gasteiger partial charge in [0.25, 0.3) is 0 Å². The Balaban J connectivity index is 2.45. The Hall–Kier alpha value is -1.19. The molecule has 0 bridgehead atoms. The Labute approximate surface area is 82.0 Å². The average Bonchev–Trinajstić information content (AvgIpc) is 2.23. The van der Waals surface area contributed by atoms with E-state index in [4.69, 9.17) is 0 Å². The maximum atomic E-state index is 10.7. The van der Waals surface area contributed by atoms with Crippen LogP contribution in [0.1, 0.15) is 29.8 Å². The molecular formula is C11H12O3. The molecule has 2 N–H and O–H groups in total. The van der Waals surface area contributed by atoms with Gasteiger partial charge in [0.2, 0.25) is 0 Å². The summed E-state index contributed by atoms with van der Waals surface area (Å²) in [5.74, 6) is -0.486. The third-order valence-electron chi connectivity index (χ3n) is 2.75. The van der Waals surface area contributed by atoms with E-state index in [-0.39, 0.29) is 0 Å². The minimum absolute atomic E-state index is 0.307. The number of aldehydes is 1. The number of benzene rings is 1. The summed E-state index contributed by atoms with van der Waals surface area (Å²) in [4.78, 5) is 10.7. The monoisotopic (exact) mass is 192 g/mol. The van der Waals surface area contributed by atoms with Crippen molar-refractivity contribution in [2.45, 2.75) is 18.6 Å². The van der Waals surface area contributed by atoms with E-state index < -0.39 is 18.1 Å². The van der Waals surface area contributed by atoms with Crippen LogP contribution in [0.2, 0.25) is 0 Å². The van der Waals surface area contributed by atoms with Crippen LogP contribution in [0.25, 0.3) is 0 Å². The molecule has 0 radical (unpaired) electrons. The van der Waals surface area contributed by atoms with Crippen LogP contribution in [0.4, 0.5) is 0 Å². The summed E-state index contributed by atoms with van der Waals surface area (Å²) < 4.78 is 0. The minimum atomic E-state index is -0.771. The van der Waals surface area contributed by atoms with E-state index in [1.807, 2.05) is 6.07 Å². The topological polar surface area (TPSA) is 57.5 Å². The number of carbonyl (C=O) groups is 1. The van der Waals surface area contributed by atoms with Crippen molar-refractivity contribution in [3.63, 3.8) is 0 Å². The van der Waals surface area contributed by atoms with Gasteiger partial charge in [-0.1, -0.05) is 24.3 Å². The van der Waals surface area contributed by atoms with Crippen LogP contribution in [0.15, 0.2) is 24.3 Å². The Morgan fingerprint density at radius 1 is 1.21 bits per heavy atom. The van der Waals surface area contributed by atoms with Gasteiger partial charge in [-0.05, 0) is 17.5 Å². The molecule has 0 heterocycles. The molecule has 1 aromatic carbocycles. The highest BCUT2D eigenvalue weighted by atomic mass is 16.3. The van der Waals surface area contributed by atoms with Crippen molar-refractivity contribution >= 4 is 6.29 Å². The van der Waals surface area contributed by atoms with Crippen LogP contribution in [0.5, 0.6) is 0 Å². The quantitative estimate of drug-likeness (QED) is 0.652. The molecule has 2 rings (SSSR count). The van der Waals surface area contributed by atoms with Gasteiger partial charge in [0.1, 0.15) is 6.29 Å². The summed E-state index contributed by atoms with van der Waals surface area (Å²) in [5, 5.41) is 19.5. The van der Waals surface area contributed by atoms with Crippen LogP contribution in [0, 0.1) is 5.92 Å². The SMILES string of the molecule is O=CC1CC(O)c2ccccc2C1O. The predicted molar refractivity (Wildman–Crippen MR) is 50.5 cm³/mol. The van der Waals surface area contributed by atoms with Crippen LogP contribution >= 0.6 is 0 Å². The molecule has 0 amide bonds. The summed E-state index contributed by atoms with van der Waals surface area (Å²) in [5.41, 5.74) is 1.40. The standard InChI is InChI=1S/C11H12O3/c12-6-7-5-10(13)8-3-1-2-4-9(8)11(7)14/h1-4,6-7,10-11,13-14H,5H2. The van der Waals surface area contributed by atoms with Crippen LogP contribution < -0.4 is 0 Å². The van der Waals surface area contributed by atoms with Gasteiger partial charge in [-0.15, -0.1) is 0 Å². The van der Waals surface area contributed by atoms with Crippen LogP contribution in [0.3, 0.4) is 0 Å². The molecule has 0 spiro atoms. The van der Waals surface area contributed by atoms with Gasteiger partial charge in [0, 0.05) is 5.92 Å². The van der Waals surface area contributed by atoms with Gasteiger partial charge in [-0.3, -0.25) is 0 Å². The molecule has 74 valence electrons. The molecule has 1 aliphatic carbocycles. The molecular weight excluding hydrogens is 180 g/mol. The van der Waals surface area contributed by atoms with Crippen molar-refractivity contribution in [3.8, 4) is 0 Å². The van der Waals surface area contributed by atoms with Gasteiger partial charge >= 0.3 is 0 Å². The van der Waals surface area contributed by atoms with Gasteiger partial charge < -0.3 is 15.0 Å². The summed E-state index contributed by atoms with van der Waals surface area (Å²) in [6.45, 7) is 0. The zero-order valence-corrected chi connectivity index (χ0v) is 7.63. The van der Waals surface area contributed by atoms with Crippen molar-refractivity contribution in [2.75, 3.05) is 0 Å². The third-order valence-corrected chi connectivity index (χ3v) is 2.75. The number of rotatable bonds is 1. The molecule has 3 atom stereocenters. The first kappa shape index (κ1) is 9.37. The Morgan fingerprint density at radius 2 is 1.86 bits per heavy atom. The number of aliphatic hydroxyl groups excluding tert-OH is 2. The summed E-state index contributed by atoms with van der Waals surface area (Å²) in [6, 6.07) is 7.14. The molecule has 3 nitrogen and oxygen atoms in total. The molecule has 0 aliphatic heterocycles. The lowest BCUT2D eigenvalue weighted by Gasteiger charge is -2.29. The van der Waals surface area contributed by atoms with Gasteiger partial charge in [-0.25, -0.2) is 0 Å². The fraction of sp³-hybridized carbons (Fsp3) is 0.364. The summed E-state index contributed by atoms with van der Waals surface area (Å²) >= 11 is 0. The molecule has 14 heavy (non-hydrogen) atoms. The number of hydrogen-bond acceptors (Lipinski definition) is 3. The highest BCUT2D eigenvalue weighted by molar-refractivity contribution is 5.57. The fourth-order valence-electron chi connectivity index (χ4n) is 1.96.